The number of halogens is 1. The summed E-state index contributed by atoms with van der Waals surface area (Å²) in [5, 5.41) is 0.885. The molecule has 0 radical (unpaired) electrons. The third kappa shape index (κ3) is 6.37. The average molecular weight is 461 g/mol. The van der Waals surface area contributed by atoms with Gasteiger partial charge in [-0.25, -0.2) is 4.98 Å². The maximum absolute atomic E-state index is 5.95. The van der Waals surface area contributed by atoms with Gasteiger partial charge in [0.15, 0.2) is 11.4 Å². The highest BCUT2D eigenvalue weighted by Crippen LogP contribution is 2.28. The summed E-state index contributed by atoms with van der Waals surface area (Å²) < 4.78 is 12.9. The second-order valence-corrected chi connectivity index (χ2v) is 7.73. The Hall–Kier alpha value is -2.28. The summed E-state index contributed by atoms with van der Waals surface area (Å²) in [6.45, 7) is 11.9. The normalized spacial score (nSPS) is 13.2. The smallest absolute Gasteiger partial charge is 0.181 e. The number of anilines is 1. The summed E-state index contributed by atoms with van der Waals surface area (Å²) in [6, 6.07) is 8.26. The third-order valence-electron chi connectivity index (χ3n) is 5.23. The van der Waals surface area contributed by atoms with Crippen molar-refractivity contribution in [2.75, 3.05) is 38.3 Å². The number of rotatable bonds is 5. The number of ether oxygens (including phenoxy) is 2. The second kappa shape index (κ2) is 13.3. The van der Waals surface area contributed by atoms with Crippen molar-refractivity contribution >= 4 is 23.1 Å². The van der Waals surface area contributed by atoms with Crippen LogP contribution in [-0.4, -0.2) is 42.8 Å². The standard InChI is InChI=1S/C13H18N4O2.C10H13Cl.C2H6/c1-18-12-10(8-14)2-3-17-11(9-15-13(12)17)16-4-6-19-7-5-16;1-3-4-9-6-5-8(2)10(11)7-9;1-2/h2-3,9H,4-8,14H2,1H3;5-7H,3-4H2,1-2H3;1-2H3. The number of imidazole rings is 1. The fourth-order valence-corrected chi connectivity index (χ4v) is 3.74. The molecule has 0 spiro atoms. The van der Waals surface area contributed by atoms with Crippen LogP contribution in [0.5, 0.6) is 5.75 Å². The van der Waals surface area contributed by atoms with Crippen molar-refractivity contribution in [2.24, 2.45) is 5.73 Å². The minimum absolute atomic E-state index is 0.444. The lowest BCUT2D eigenvalue weighted by Gasteiger charge is -2.28. The van der Waals surface area contributed by atoms with Gasteiger partial charge in [-0.3, -0.25) is 4.40 Å². The van der Waals surface area contributed by atoms with E-state index in [1.807, 2.05) is 43.6 Å². The minimum Gasteiger partial charge on any atom is -0.493 e. The number of nitrogens with two attached hydrogens (primary N) is 1. The van der Waals surface area contributed by atoms with Crippen molar-refractivity contribution in [1.82, 2.24) is 9.38 Å². The van der Waals surface area contributed by atoms with Gasteiger partial charge in [0.05, 0.1) is 26.5 Å². The lowest BCUT2D eigenvalue weighted by atomic mass is 10.1. The lowest BCUT2D eigenvalue weighted by molar-refractivity contribution is 0.122. The molecule has 2 aromatic heterocycles. The molecule has 1 aliphatic rings. The number of benzene rings is 1. The van der Waals surface area contributed by atoms with Crippen LogP contribution < -0.4 is 15.4 Å². The number of nitrogens with zero attached hydrogens (tertiary/aromatic N) is 3. The van der Waals surface area contributed by atoms with Crippen molar-refractivity contribution < 1.29 is 9.47 Å². The molecule has 1 saturated heterocycles. The monoisotopic (exact) mass is 460 g/mol. The Labute approximate surface area is 197 Å². The number of pyridine rings is 1. The molecule has 6 nitrogen and oxygen atoms in total. The molecule has 4 rings (SSSR count). The number of aromatic nitrogens is 2. The van der Waals surface area contributed by atoms with Gasteiger partial charge in [-0.05, 0) is 36.6 Å². The molecule has 0 atom stereocenters. The van der Waals surface area contributed by atoms with E-state index in [0.29, 0.717) is 6.54 Å². The van der Waals surface area contributed by atoms with Gasteiger partial charge in [-0.1, -0.05) is 50.9 Å². The van der Waals surface area contributed by atoms with Gasteiger partial charge in [0, 0.05) is 36.4 Å². The molecule has 1 aliphatic heterocycles. The van der Waals surface area contributed by atoms with Gasteiger partial charge < -0.3 is 20.1 Å². The van der Waals surface area contributed by atoms with E-state index in [1.54, 1.807) is 7.11 Å². The van der Waals surface area contributed by atoms with Gasteiger partial charge >= 0.3 is 0 Å². The zero-order valence-corrected chi connectivity index (χ0v) is 20.8. The Morgan fingerprint density at radius 1 is 1.19 bits per heavy atom. The van der Waals surface area contributed by atoms with Crippen LogP contribution in [0.1, 0.15) is 43.9 Å². The van der Waals surface area contributed by atoms with Crippen LogP contribution in [0.25, 0.3) is 5.65 Å². The van der Waals surface area contributed by atoms with E-state index >= 15 is 0 Å². The van der Waals surface area contributed by atoms with Crippen molar-refractivity contribution in [3.63, 3.8) is 0 Å². The van der Waals surface area contributed by atoms with E-state index in [2.05, 4.69) is 35.0 Å². The van der Waals surface area contributed by atoms with Crippen molar-refractivity contribution in [2.45, 2.75) is 47.1 Å². The van der Waals surface area contributed by atoms with E-state index in [-0.39, 0.29) is 0 Å². The molecule has 2 N–H and O–H groups in total. The Balaban J connectivity index is 0.000000239. The van der Waals surface area contributed by atoms with Gasteiger partial charge in [0.25, 0.3) is 0 Å². The summed E-state index contributed by atoms with van der Waals surface area (Å²) in [4.78, 5) is 6.74. The summed E-state index contributed by atoms with van der Waals surface area (Å²) in [5.41, 5.74) is 10.00. The van der Waals surface area contributed by atoms with E-state index < -0.39 is 0 Å². The molecule has 32 heavy (non-hydrogen) atoms. The first-order valence-corrected chi connectivity index (χ1v) is 11.8. The van der Waals surface area contributed by atoms with Crippen LogP contribution in [0, 0.1) is 6.92 Å². The van der Waals surface area contributed by atoms with E-state index in [1.165, 1.54) is 12.0 Å². The predicted molar refractivity (Wildman–Crippen MR) is 134 cm³/mol. The summed E-state index contributed by atoms with van der Waals surface area (Å²) in [7, 11) is 1.65. The van der Waals surface area contributed by atoms with Crippen molar-refractivity contribution in [1.29, 1.82) is 0 Å². The zero-order valence-electron chi connectivity index (χ0n) is 20.0. The first kappa shape index (κ1) is 26.0. The predicted octanol–water partition coefficient (Wildman–Crippen LogP) is 5.27. The largest absolute Gasteiger partial charge is 0.493 e. The third-order valence-corrected chi connectivity index (χ3v) is 5.64. The molecule has 7 heteroatoms. The fraction of sp³-hybridized carbons (Fsp3) is 0.480. The molecule has 0 amide bonds. The quantitative estimate of drug-likeness (QED) is 0.562. The Morgan fingerprint density at radius 2 is 1.91 bits per heavy atom. The molecule has 1 aromatic carbocycles. The van der Waals surface area contributed by atoms with Crippen LogP contribution in [-0.2, 0) is 17.7 Å². The highest BCUT2D eigenvalue weighted by molar-refractivity contribution is 6.31. The molecule has 3 aromatic rings. The highest BCUT2D eigenvalue weighted by atomic mass is 35.5. The topological polar surface area (TPSA) is 65.0 Å². The molecular weight excluding hydrogens is 424 g/mol. The molecule has 0 unspecified atom stereocenters. The number of hydrogen-bond acceptors (Lipinski definition) is 5. The lowest BCUT2D eigenvalue weighted by Crippen LogP contribution is -2.36. The number of fused-ring (bicyclic) bond motifs is 1. The fourth-order valence-electron chi connectivity index (χ4n) is 3.54. The number of hydrogen-bond donors (Lipinski definition) is 1. The molecule has 176 valence electrons. The van der Waals surface area contributed by atoms with Crippen LogP contribution in [0.3, 0.4) is 0 Å². The molecule has 0 bridgehead atoms. The molecule has 3 heterocycles. The van der Waals surface area contributed by atoms with E-state index in [4.69, 9.17) is 26.8 Å². The molecule has 0 aliphatic carbocycles. The highest BCUT2D eigenvalue weighted by Gasteiger charge is 2.18. The summed E-state index contributed by atoms with van der Waals surface area (Å²) in [5.74, 6) is 1.82. The number of aryl methyl sites for hydroxylation is 2. The molecule has 0 saturated carbocycles. The Kier molecular flexibility index (Phi) is 10.8. The maximum Gasteiger partial charge on any atom is 0.181 e. The summed E-state index contributed by atoms with van der Waals surface area (Å²) in [6.07, 6.45) is 6.18. The van der Waals surface area contributed by atoms with Gasteiger partial charge in [0.2, 0.25) is 0 Å². The maximum atomic E-state index is 5.95. The Morgan fingerprint density at radius 3 is 2.50 bits per heavy atom. The summed E-state index contributed by atoms with van der Waals surface area (Å²) >= 11 is 5.95. The minimum atomic E-state index is 0.444. The first-order valence-electron chi connectivity index (χ1n) is 11.4. The molecule has 1 fully saturated rings. The SMILES string of the molecule is CC.CCCc1ccc(C)c(Cl)c1.COc1c(CN)ccn2c(N3CCOCC3)cnc12. The van der Waals surface area contributed by atoms with Gasteiger partial charge in [-0.15, -0.1) is 0 Å². The number of morpholine rings is 1. The van der Waals surface area contributed by atoms with Crippen molar-refractivity contribution in [3.8, 4) is 5.75 Å². The van der Waals surface area contributed by atoms with Crippen molar-refractivity contribution in [3.05, 3.63) is 58.4 Å². The van der Waals surface area contributed by atoms with Crippen LogP contribution in [0.2, 0.25) is 5.02 Å². The van der Waals surface area contributed by atoms with Gasteiger partial charge in [-0.2, -0.15) is 0 Å². The Bertz CT molecular complexity index is 968. The van der Waals surface area contributed by atoms with Crippen LogP contribution in [0.4, 0.5) is 5.82 Å². The van der Waals surface area contributed by atoms with E-state index in [0.717, 1.165) is 66.1 Å². The molecular formula is C25H37ClN4O2. The van der Waals surface area contributed by atoms with E-state index in [9.17, 15) is 0 Å². The van der Waals surface area contributed by atoms with Gasteiger partial charge in [0.1, 0.15) is 5.82 Å². The first-order chi connectivity index (χ1) is 15.6. The van der Waals surface area contributed by atoms with Crippen LogP contribution >= 0.6 is 11.6 Å². The van der Waals surface area contributed by atoms with Crippen LogP contribution in [0.15, 0.2) is 36.7 Å². The second-order valence-electron chi connectivity index (χ2n) is 7.32. The number of methoxy groups -OCH3 is 1. The zero-order chi connectivity index (χ0) is 23.5. The average Bonchev–Trinajstić information content (AvgIpc) is 3.27.